The summed E-state index contributed by atoms with van der Waals surface area (Å²) in [6.45, 7) is 5.17. The molecule has 2 aliphatic rings. The molecule has 2 N–H and O–H groups in total. The number of nitrogens with two attached hydrogens (primary N) is 1. The van der Waals surface area contributed by atoms with E-state index in [-0.39, 0.29) is 24.4 Å². The zero-order valence-electron chi connectivity index (χ0n) is 14.6. The third kappa shape index (κ3) is 3.84. The maximum Gasteiger partial charge on any atom is 0.243 e. The number of fused-ring (bicyclic) bond motifs is 1. The first kappa shape index (κ1) is 20.2. The number of piperidine rings is 1. The fourth-order valence-electron chi connectivity index (χ4n) is 3.66. The molecule has 0 aromatic heterocycles. The Hall–Kier alpha value is -1.15. The lowest BCUT2D eigenvalue weighted by atomic mass is 9.92. The standard InChI is InChI=1S/C17H25N3O3S.ClH/c1-12(18)14-5-8-19(9-6-14)24(22,23)16-3-4-17-15(11-16)7-10-20(17)13(2)21;/h3-4,11-12,14H,5-10,18H2,1-2H3;1H. The van der Waals surface area contributed by atoms with Crippen LogP contribution in [0.2, 0.25) is 0 Å². The summed E-state index contributed by atoms with van der Waals surface area (Å²) in [5.74, 6) is 0.378. The molecule has 25 heavy (non-hydrogen) atoms. The highest BCUT2D eigenvalue weighted by molar-refractivity contribution is 7.89. The number of nitrogens with zero attached hydrogens (tertiary/aromatic N) is 2. The van der Waals surface area contributed by atoms with Crippen LogP contribution in [0.4, 0.5) is 5.69 Å². The van der Waals surface area contributed by atoms with Gasteiger partial charge < -0.3 is 10.6 Å². The van der Waals surface area contributed by atoms with E-state index in [1.54, 1.807) is 27.4 Å². The van der Waals surface area contributed by atoms with Crippen LogP contribution in [0.25, 0.3) is 0 Å². The quantitative estimate of drug-likeness (QED) is 0.856. The summed E-state index contributed by atoms with van der Waals surface area (Å²) >= 11 is 0. The number of hydrogen-bond acceptors (Lipinski definition) is 4. The minimum atomic E-state index is -3.48. The third-order valence-electron chi connectivity index (χ3n) is 5.21. The van der Waals surface area contributed by atoms with Crippen molar-refractivity contribution < 1.29 is 13.2 Å². The summed E-state index contributed by atoms with van der Waals surface area (Å²) in [7, 11) is -3.48. The lowest BCUT2D eigenvalue weighted by Gasteiger charge is -2.33. The molecular formula is C17H26ClN3O3S. The molecule has 1 aromatic carbocycles. The fraction of sp³-hybridized carbons (Fsp3) is 0.588. The van der Waals surface area contributed by atoms with E-state index in [4.69, 9.17) is 5.73 Å². The second-order valence-corrected chi connectivity index (χ2v) is 8.75. The number of benzene rings is 1. The first-order valence-electron chi connectivity index (χ1n) is 8.47. The van der Waals surface area contributed by atoms with Crippen molar-refractivity contribution in [1.29, 1.82) is 0 Å². The average molecular weight is 388 g/mol. The number of carbonyl (C=O) groups is 1. The molecule has 1 unspecified atom stereocenters. The molecule has 3 rings (SSSR count). The van der Waals surface area contributed by atoms with Gasteiger partial charge in [-0.2, -0.15) is 4.31 Å². The van der Waals surface area contributed by atoms with Gasteiger partial charge >= 0.3 is 0 Å². The molecule has 1 fully saturated rings. The van der Waals surface area contributed by atoms with Gasteiger partial charge in [-0.05, 0) is 55.9 Å². The van der Waals surface area contributed by atoms with Gasteiger partial charge in [0.05, 0.1) is 4.90 Å². The van der Waals surface area contributed by atoms with Crippen LogP contribution in [0.3, 0.4) is 0 Å². The molecule has 0 saturated carbocycles. The normalized spacial score (nSPS) is 20.0. The Morgan fingerprint density at radius 1 is 1.24 bits per heavy atom. The highest BCUT2D eigenvalue weighted by Gasteiger charge is 2.32. The molecule has 1 atom stereocenters. The van der Waals surface area contributed by atoms with Crippen molar-refractivity contribution in [2.45, 2.75) is 44.0 Å². The average Bonchev–Trinajstić information content (AvgIpc) is 2.98. The second kappa shape index (κ2) is 7.61. The summed E-state index contributed by atoms with van der Waals surface area (Å²) < 4.78 is 27.3. The van der Waals surface area contributed by atoms with Crippen molar-refractivity contribution in [3.63, 3.8) is 0 Å². The summed E-state index contributed by atoms with van der Waals surface area (Å²) in [6.07, 6.45) is 2.31. The number of anilines is 1. The SMILES string of the molecule is CC(=O)N1CCc2cc(S(=O)(=O)N3CCC(C(C)N)CC3)ccc21.Cl. The van der Waals surface area contributed by atoms with Crippen LogP contribution in [0.1, 0.15) is 32.3 Å². The predicted octanol–water partition coefficient (Wildman–Crippen LogP) is 1.77. The van der Waals surface area contributed by atoms with Crippen molar-refractivity contribution in [1.82, 2.24) is 4.31 Å². The van der Waals surface area contributed by atoms with E-state index < -0.39 is 10.0 Å². The van der Waals surface area contributed by atoms with E-state index in [0.29, 0.717) is 36.9 Å². The van der Waals surface area contributed by atoms with E-state index in [2.05, 4.69) is 0 Å². The molecule has 6 nitrogen and oxygen atoms in total. The summed E-state index contributed by atoms with van der Waals surface area (Å²) in [6, 6.07) is 5.20. The van der Waals surface area contributed by atoms with E-state index in [0.717, 1.165) is 24.1 Å². The molecular weight excluding hydrogens is 362 g/mol. The van der Waals surface area contributed by atoms with Gasteiger partial charge in [0.1, 0.15) is 0 Å². The van der Waals surface area contributed by atoms with Gasteiger partial charge in [-0.3, -0.25) is 4.79 Å². The first-order chi connectivity index (χ1) is 11.3. The maximum atomic E-state index is 12.9. The van der Waals surface area contributed by atoms with Crippen LogP contribution >= 0.6 is 12.4 Å². The van der Waals surface area contributed by atoms with E-state index in [1.165, 1.54) is 6.92 Å². The summed E-state index contributed by atoms with van der Waals surface area (Å²) in [5, 5.41) is 0. The fourth-order valence-corrected chi connectivity index (χ4v) is 5.18. The number of carbonyl (C=O) groups excluding carboxylic acids is 1. The molecule has 0 bridgehead atoms. The van der Waals surface area contributed by atoms with Crippen LogP contribution in [0.5, 0.6) is 0 Å². The van der Waals surface area contributed by atoms with Crippen molar-refractivity contribution >= 4 is 34.0 Å². The van der Waals surface area contributed by atoms with Gasteiger partial charge in [0.2, 0.25) is 15.9 Å². The second-order valence-electron chi connectivity index (χ2n) is 6.81. The van der Waals surface area contributed by atoms with E-state index in [1.807, 2.05) is 6.92 Å². The number of amides is 1. The highest BCUT2D eigenvalue weighted by Crippen LogP contribution is 2.32. The molecule has 140 valence electrons. The lowest BCUT2D eigenvalue weighted by molar-refractivity contribution is -0.116. The molecule has 1 saturated heterocycles. The Morgan fingerprint density at radius 3 is 2.44 bits per heavy atom. The number of hydrogen-bond donors (Lipinski definition) is 1. The molecule has 2 heterocycles. The van der Waals surface area contributed by atoms with Crippen molar-refractivity contribution in [3.05, 3.63) is 23.8 Å². The first-order valence-corrected chi connectivity index (χ1v) is 9.91. The predicted molar refractivity (Wildman–Crippen MR) is 101 cm³/mol. The van der Waals surface area contributed by atoms with Gasteiger partial charge in [0, 0.05) is 38.3 Å². The zero-order chi connectivity index (χ0) is 17.5. The topological polar surface area (TPSA) is 83.7 Å². The van der Waals surface area contributed by atoms with Gasteiger partial charge in [-0.25, -0.2) is 8.42 Å². The Labute approximate surface area is 155 Å². The minimum absolute atomic E-state index is 0. The number of rotatable bonds is 3. The molecule has 0 aliphatic carbocycles. The van der Waals surface area contributed by atoms with Crippen LogP contribution in [0, 0.1) is 5.92 Å². The largest absolute Gasteiger partial charge is 0.328 e. The minimum Gasteiger partial charge on any atom is -0.328 e. The molecule has 0 spiro atoms. The Kier molecular flexibility index (Phi) is 6.14. The maximum absolute atomic E-state index is 12.9. The van der Waals surface area contributed by atoms with Gasteiger partial charge in [0.15, 0.2) is 0 Å². The number of sulfonamides is 1. The Morgan fingerprint density at radius 2 is 1.88 bits per heavy atom. The van der Waals surface area contributed by atoms with Crippen LogP contribution in [-0.4, -0.2) is 44.3 Å². The van der Waals surface area contributed by atoms with Crippen molar-refractivity contribution in [2.75, 3.05) is 24.5 Å². The molecule has 2 aliphatic heterocycles. The van der Waals surface area contributed by atoms with Crippen molar-refractivity contribution in [3.8, 4) is 0 Å². The van der Waals surface area contributed by atoms with Crippen LogP contribution in [0.15, 0.2) is 23.1 Å². The van der Waals surface area contributed by atoms with E-state index in [9.17, 15) is 13.2 Å². The molecule has 1 amide bonds. The summed E-state index contributed by atoms with van der Waals surface area (Å²) in [5.41, 5.74) is 7.69. The smallest absolute Gasteiger partial charge is 0.243 e. The molecule has 8 heteroatoms. The molecule has 1 aromatic rings. The number of halogens is 1. The lowest BCUT2D eigenvalue weighted by Crippen LogP contribution is -2.42. The highest BCUT2D eigenvalue weighted by atomic mass is 35.5. The zero-order valence-corrected chi connectivity index (χ0v) is 16.3. The van der Waals surface area contributed by atoms with Crippen molar-refractivity contribution in [2.24, 2.45) is 11.7 Å². The van der Waals surface area contributed by atoms with Crippen LogP contribution in [-0.2, 0) is 21.2 Å². The molecule has 0 radical (unpaired) electrons. The monoisotopic (exact) mass is 387 g/mol. The Balaban J connectivity index is 0.00000225. The van der Waals surface area contributed by atoms with E-state index >= 15 is 0 Å². The van der Waals surface area contributed by atoms with Gasteiger partial charge in [-0.1, -0.05) is 0 Å². The Bertz CT molecular complexity index is 744. The van der Waals surface area contributed by atoms with Gasteiger partial charge in [0.25, 0.3) is 0 Å². The third-order valence-corrected chi connectivity index (χ3v) is 7.10. The summed E-state index contributed by atoms with van der Waals surface area (Å²) in [4.78, 5) is 13.6. The van der Waals surface area contributed by atoms with Crippen LogP contribution < -0.4 is 10.6 Å². The van der Waals surface area contributed by atoms with Gasteiger partial charge in [-0.15, -0.1) is 12.4 Å².